The van der Waals surface area contributed by atoms with E-state index in [0.29, 0.717) is 16.9 Å². The molecule has 7 nitrogen and oxygen atoms in total. The van der Waals surface area contributed by atoms with Crippen LogP contribution in [0.25, 0.3) is 0 Å². The Balaban J connectivity index is 2.12. The Morgan fingerprint density at radius 2 is 2.00 bits per heavy atom. The lowest BCUT2D eigenvalue weighted by Gasteiger charge is -2.07. The second-order valence-electron chi connectivity index (χ2n) is 5.22. The highest BCUT2D eigenvalue weighted by Crippen LogP contribution is 2.18. The zero-order chi connectivity index (χ0) is 17.0. The molecular formula is C15H15N3O4S. The van der Waals surface area contributed by atoms with Crippen LogP contribution in [0.5, 0.6) is 0 Å². The van der Waals surface area contributed by atoms with Gasteiger partial charge in [0.1, 0.15) is 5.76 Å². The number of rotatable bonds is 5. The van der Waals surface area contributed by atoms with Crippen LogP contribution in [-0.4, -0.2) is 19.3 Å². The number of nitrogens with one attached hydrogen (secondary N) is 1. The Labute approximate surface area is 134 Å². The molecule has 1 N–H and O–H groups in total. The molecule has 0 radical (unpaired) electrons. The largest absolute Gasteiger partial charge is 0.447 e. The first-order valence-corrected chi connectivity index (χ1v) is 8.45. The van der Waals surface area contributed by atoms with Gasteiger partial charge >= 0.3 is 0 Å². The Bertz CT molecular complexity index is 846. The Hall–Kier alpha value is -2.66. The van der Waals surface area contributed by atoms with Crippen LogP contribution in [0.15, 0.2) is 35.1 Å². The quantitative estimate of drug-likeness (QED) is 0.894. The van der Waals surface area contributed by atoms with E-state index in [-0.39, 0.29) is 17.4 Å². The highest BCUT2D eigenvalue weighted by atomic mass is 32.2. The van der Waals surface area contributed by atoms with E-state index in [0.717, 1.165) is 6.39 Å². The number of sulfonamides is 1. The number of amides is 1. The molecule has 0 unspecified atom stereocenters. The Kier molecular flexibility index (Phi) is 4.81. The third kappa shape index (κ3) is 4.17. The number of benzene rings is 1. The van der Waals surface area contributed by atoms with Gasteiger partial charge < -0.3 is 4.42 Å². The number of nitriles is 1. The maximum Gasteiger partial charge on any atom is 0.286 e. The monoisotopic (exact) mass is 333 g/mol. The van der Waals surface area contributed by atoms with Gasteiger partial charge in [-0.05, 0) is 17.7 Å². The number of aromatic nitrogens is 1. The molecule has 1 aromatic heterocycles. The van der Waals surface area contributed by atoms with Gasteiger partial charge in [0, 0.05) is 5.92 Å². The molecule has 0 atom stereocenters. The summed E-state index contributed by atoms with van der Waals surface area (Å²) in [5.41, 5.74) is 0.858. The molecule has 0 fully saturated rings. The standard InChI is InChI=1S/C15H15N3O4S/c1-10(2)14-13(17-9-22-14)15(19)18-23(20,21)8-12-5-3-11(7-16)4-6-12/h3-6,9-10H,8H2,1-2H3,(H,18,19). The van der Waals surface area contributed by atoms with Crippen LogP contribution in [0, 0.1) is 11.3 Å². The summed E-state index contributed by atoms with van der Waals surface area (Å²) < 4.78 is 31.3. The summed E-state index contributed by atoms with van der Waals surface area (Å²) in [6, 6.07) is 8.03. The average Bonchev–Trinajstić information content (AvgIpc) is 2.97. The smallest absolute Gasteiger partial charge is 0.286 e. The van der Waals surface area contributed by atoms with E-state index in [2.05, 4.69) is 4.98 Å². The van der Waals surface area contributed by atoms with Crippen LogP contribution in [0.4, 0.5) is 0 Å². The lowest BCUT2D eigenvalue weighted by molar-refractivity contribution is 0.0974. The summed E-state index contributed by atoms with van der Waals surface area (Å²) in [5.74, 6) is -0.967. The highest BCUT2D eigenvalue weighted by molar-refractivity contribution is 7.89. The van der Waals surface area contributed by atoms with Crippen molar-refractivity contribution in [2.45, 2.75) is 25.5 Å². The van der Waals surface area contributed by atoms with Crippen LogP contribution in [0.3, 0.4) is 0 Å². The molecule has 23 heavy (non-hydrogen) atoms. The van der Waals surface area contributed by atoms with Crippen molar-refractivity contribution >= 4 is 15.9 Å². The zero-order valence-corrected chi connectivity index (χ0v) is 13.4. The maximum absolute atomic E-state index is 12.1. The number of carbonyl (C=O) groups excluding carboxylic acids is 1. The molecule has 0 saturated heterocycles. The first-order valence-electron chi connectivity index (χ1n) is 6.79. The summed E-state index contributed by atoms with van der Waals surface area (Å²) in [7, 11) is -3.89. The predicted octanol–water partition coefficient (Wildman–Crippen LogP) is 1.93. The summed E-state index contributed by atoms with van der Waals surface area (Å²) in [6.45, 7) is 3.62. The number of nitrogens with zero attached hydrogens (tertiary/aromatic N) is 2. The molecule has 0 spiro atoms. The average molecular weight is 333 g/mol. The van der Waals surface area contributed by atoms with Crippen molar-refractivity contribution in [1.82, 2.24) is 9.71 Å². The predicted molar refractivity (Wildman–Crippen MR) is 81.8 cm³/mol. The molecule has 0 saturated carbocycles. The first-order chi connectivity index (χ1) is 10.8. The molecule has 1 aromatic carbocycles. The fourth-order valence-electron chi connectivity index (χ4n) is 1.96. The fourth-order valence-corrected chi connectivity index (χ4v) is 3.04. The molecule has 0 bridgehead atoms. The molecular weight excluding hydrogens is 318 g/mol. The van der Waals surface area contributed by atoms with Crippen molar-refractivity contribution in [3.63, 3.8) is 0 Å². The topological polar surface area (TPSA) is 113 Å². The first kappa shape index (κ1) is 16.7. The van der Waals surface area contributed by atoms with E-state index in [4.69, 9.17) is 9.68 Å². The van der Waals surface area contributed by atoms with Crippen LogP contribution >= 0.6 is 0 Å². The van der Waals surface area contributed by atoms with Crippen molar-refractivity contribution < 1.29 is 17.6 Å². The lowest BCUT2D eigenvalue weighted by atomic mass is 10.1. The fraction of sp³-hybridized carbons (Fsp3) is 0.267. The van der Waals surface area contributed by atoms with E-state index < -0.39 is 15.9 Å². The van der Waals surface area contributed by atoms with Crippen LogP contribution in [0.1, 0.15) is 47.1 Å². The zero-order valence-electron chi connectivity index (χ0n) is 12.6. The van der Waals surface area contributed by atoms with Gasteiger partial charge in [0.25, 0.3) is 5.91 Å². The van der Waals surface area contributed by atoms with Crippen molar-refractivity contribution in [2.75, 3.05) is 0 Å². The lowest BCUT2D eigenvalue weighted by Crippen LogP contribution is -2.32. The summed E-state index contributed by atoms with van der Waals surface area (Å²) in [5, 5.41) is 8.72. The SMILES string of the molecule is CC(C)c1ocnc1C(=O)NS(=O)(=O)Cc1ccc(C#N)cc1. The third-order valence-electron chi connectivity index (χ3n) is 3.02. The van der Waals surface area contributed by atoms with Crippen LogP contribution in [0.2, 0.25) is 0 Å². The van der Waals surface area contributed by atoms with Crippen molar-refractivity contribution in [2.24, 2.45) is 0 Å². The summed E-state index contributed by atoms with van der Waals surface area (Å²) in [4.78, 5) is 15.9. The molecule has 0 aliphatic rings. The van der Waals surface area contributed by atoms with Gasteiger partial charge in [-0.25, -0.2) is 18.1 Å². The third-order valence-corrected chi connectivity index (χ3v) is 4.23. The molecule has 120 valence electrons. The van der Waals surface area contributed by atoms with Gasteiger partial charge in [0.15, 0.2) is 12.1 Å². The van der Waals surface area contributed by atoms with Gasteiger partial charge in [-0.1, -0.05) is 26.0 Å². The van der Waals surface area contributed by atoms with E-state index >= 15 is 0 Å². The normalized spacial score (nSPS) is 11.2. The number of carbonyl (C=O) groups is 1. The van der Waals surface area contributed by atoms with E-state index in [1.54, 1.807) is 0 Å². The van der Waals surface area contributed by atoms with Crippen molar-refractivity contribution in [1.29, 1.82) is 5.26 Å². The molecule has 0 aliphatic heterocycles. The second kappa shape index (κ2) is 6.62. The van der Waals surface area contributed by atoms with E-state index in [1.165, 1.54) is 24.3 Å². The van der Waals surface area contributed by atoms with Gasteiger partial charge in [0.2, 0.25) is 10.0 Å². The molecule has 1 amide bonds. The maximum atomic E-state index is 12.1. The summed E-state index contributed by atoms with van der Waals surface area (Å²) >= 11 is 0. The Morgan fingerprint density at radius 1 is 1.35 bits per heavy atom. The molecule has 0 aliphatic carbocycles. The second-order valence-corrected chi connectivity index (χ2v) is 6.94. The van der Waals surface area contributed by atoms with E-state index in [1.807, 2.05) is 24.6 Å². The highest BCUT2D eigenvalue weighted by Gasteiger charge is 2.23. The minimum Gasteiger partial charge on any atom is -0.447 e. The number of hydrogen-bond acceptors (Lipinski definition) is 6. The van der Waals surface area contributed by atoms with Gasteiger partial charge in [-0.2, -0.15) is 5.26 Å². The van der Waals surface area contributed by atoms with Gasteiger partial charge in [-0.3, -0.25) is 4.79 Å². The number of oxazole rings is 1. The van der Waals surface area contributed by atoms with Crippen LogP contribution < -0.4 is 4.72 Å². The molecule has 8 heteroatoms. The minimum atomic E-state index is -3.89. The summed E-state index contributed by atoms with van der Waals surface area (Å²) in [6.07, 6.45) is 1.11. The van der Waals surface area contributed by atoms with Crippen LogP contribution in [-0.2, 0) is 15.8 Å². The number of hydrogen-bond donors (Lipinski definition) is 1. The Morgan fingerprint density at radius 3 is 2.57 bits per heavy atom. The van der Waals surface area contributed by atoms with Crippen molar-refractivity contribution in [3.05, 3.63) is 53.2 Å². The van der Waals surface area contributed by atoms with Gasteiger partial charge in [0.05, 0.1) is 17.4 Å². The van der Waals surface area contributed by atoms with Crippen molar-refractivity contribution in [3.8, 4) is 6.07 Å². The molecule has 1 heterocycles. The minimum absolute atomic E-state index is 0.0385. The molecule has 2 rings (SSSR count). The van der Waals surface area contributed by atoms with E-state index in [9.17, 15) is 13.2 Å². The molecule has 2 aromatic rings. The van der Waals surface area contributed by atoms with Gasteiger partial charge in [-0.15, -0.1) is 0 Å².